The first-order valence-electron chi connectivity index (χ1n) is 10.4. The van der Waals surface area contributed by atoms with Crippen LogP contribution >= 0.6 is 0 Å². The molecule has 0 amide bonds. The average Bonchev–Trinajstić information content (AvgIpc) is 2.96. The zero-order chi connectivity index (χ0) is 21.4. The Morgan fingerprint density at radius 3 is 2.26 bits per heavy atom. The van der Waals surface area contributed by atoms with Crippen LogP contribution in [0, 0.1) is 5.82 Å². The second-order valence-corrected chi connectivity index (χ2v) is 7.99. The first-order valence-corrected chi connectivity index (χ1v) is 10.4. The van der Waals surface area contributed by atoms with Crippen molar-refractivity contribution in [1.82, 2.24) is 0 Å². The Balaban J connectivity index is 1.57. The van der Waals surface area contributed by atoms with Crippen LogP contribution in [0.25, 0.3) is 0 Å². The number of fused-ring (bicyclic) bond motifs is 1. The molecule has 156 valence electrons. The summed E-state index contributed by atoms with van der Waals surface area (Å²) in [7, 11) is 1.64. The van der Waals surface area contributed by atoms with Crippen LogP contribution in [0.4, 0.5) is 15.8 Å². The molecule has 1 aliphatic heterocycles. The highest BCUT2D eigenvalue weighted by Gasteiger charge is 2.36. The highest BCUT2D eigenvalue weighted by Crippen LogP contribution is 2.44. The molecule has 2 atom stereocenters. The predicted octanol–water partition coefficient (Wildman–Crippen LogP) is 5.81. The Morgan fingerprint density at radius 1 is 0.871 bits per heavy atom. The fraction of sp³-hybridized carbons (Fsp3) is 0.192. The summed E-state index contributed by atoms with van der Waals surface area (Å²) < 4.78 is 18.8. The van der Waals surface area contributed by atoms with Crippen LogP contribution in [-0.4, -0.2) is 12.9 Å². The van der Waals surface area contributed by atoms with Gasteiger partial charge in [0.25, 0.3) is 0 Å². The molecule has 0 saturated carbocycles. The molecule has 4 nitrogen and oxygen atoms in total. The van der Waals surface area contributed by atoms with E-state index in [9.17, 15) is 9.18 Å². The van der Waals surface area contributed by atoms with E-state index in [1.165, 1.54) is 12.1 Å². The van der Waals surface area contributed by atoms with Gasteiger partial charge in [0.1, 0.15) is 11.6 Å². The molecule has 0 radical (unpaired) electrons. The van der Waals surface area contributed by atoms with Crippen molar-refractivity contribution in [1.29, 1.82) is 0 Å². The van der Waals surface area contributed by atoms with Gasteiger partial charge in [-0.2, -0.15) is 0 Å². The summed E-state index contributed by atoms with van der Waals surface area (Å²) >= 11 is 0. The smallest absolute Gasteiger partial charge is 0.163 e. The lowest BCUT2D eigenvalue weighted by Gasteiger charge is -2.30. The topological polar surface area (TPSA) is 50.4 Å². The van der Waals surface area contributed by atoms with Crippen LogP contribution in [0.5, 0.6) is 5.75 Å². The number of Topliss-reactive ketones (excluding diaryl/α,β-unsaturated/α-hetero) is 1. The number of benzene rings is 3. The number of hydrogen-bond acceptors (Lipinski definition) is 4. The Hall–Kier alpha value is -3.60. The Labute approximate surface area is 180 Å². The molecule has 31 heavy (non-hydrogen) atoms. The molecule has 2 aliphatic rings. The zero-order valence-electron chi connectivity index (χ0n) is 17.2. The van der Waals surface area contributed by atoms with Crippen LogP contribution in [0.1, 0.15) is 35.9 Å². The van der Waals surface area contributed by atoms with Crippen molar-refractivity contribution in [3.63, 3.8) is 0 Å². The van der Waals surface area contributed by atoms with Crippen molar-refractivity contribution >= 4 is 17.2 Å². The lowest BCUT2D eigenvalue weighted by molar-refractivity contribution is -0.116. The summed E-state index contributed by atoms with van der Waals surface area (Å²) in [5, 5.41) is 7.04. The molecule has 3 aromatic rings. The molecular formula is C26H23FN2O2. The number of carbonyl (C=O) groups is 1. The number of halogens is 1. The van der Waals surface area contributed by atoms with Crippen molar-refractivity contribution in [2.75, 3.05) is 17.7 Å². The van der Waals surface area contributed by atoms with E-state index >= 15 is 0 Å². The van der Waals surface area contributed by atoms with Crippen molar-refractivity contribution < 1.29 is 13.9 Å². The maximum absolute atomic E-state index is 13.6. The molecule has 2 unspecified atom stereocenters. The second kappa shape index (κ2) is 7.91. The molecule has 0 aromatic heterocycles. The summed E-state index contributed by atoms with van der Waals surface area (Å²) in [6.07, 6.45) is 1.16. The minimum atomic E-state index is -0.337. The highest BCUT2D eigenvalue weighted by atomic mass is 19.1. The van der Waals surface area contributed by atoms with Crippen LogP contribution in [-0.2, 0) is 4.79 Å². The van der Waals surface area contributed by atoms with Crippen molar-refractivity contribution in [2.24, 2.45) is 0 Å². The SMILES string of the molecule is COc1ccc(C2CC(=O)C3=C(C2)Nc2ccccc2NC3c2ccc(F)cc2)cc1. The second-order valence-electron chi connectivity index (χ2n) is 7.99. The van der Waals surface area contributed by atoms with E-state index in [1.54, 1.807) is 19.2 Å². The van der Waals surface area contributed by atoms with Crippen molar-refractivity contribution in [2.45, 2.75) is 24.8 Å². The third-order valence-corrected chi connectivity index (χ3v) is 6.10. The molecule has 0 saturated heterocycles. The van der Waals surface area contributed by atoms with E-state index in [4.69, 9.17) is 4.74 Å². The molecule has 3 aromatic carbocycles. The fourth-order valence-electron chi connectivity index (χ4n) is 4.51. The van der Waals surface area contributed by atoms with Crippen LogP contribution in [0.3, 0.4) is 0 Å². The van der Waals surface area contributed by atoms with Gasteiger partial charge in [0.2, 0.25) is 0 Å². The molecule has 5 heteroatoms. The summed E-state index contributed by atoms with van der Waals surface area (Å²) in [6.45, 7) is 0. The third kappa shape index (κ3) is 3.67. The number of rotatable bonds is 3. The first-order chi connectivity index (χ1) is 15.1. The van der Waals surface area contributed by atoms with Gasteiger partial charge in [-0.1, -0.05) is 36.4 Å². The van der Waals surface area contributed by atoms with Crippen molar-refractivity contribution in [3.8, 4) is 5.75 Å². The molecule has 1 heterocycles. The van der Waals surface area contributed by atoms with Gasteiger partial charge in [-0.25, -0.2) is 4.39 Å². The number of nitrogens with one attached hydrogen (secondary N) is 2. The quantitative estimate of drug-likeness (QED) is 0.568. The monoisotopic (exact) mass is 414 g/mol. The number of allylic oxidation sites excluding steroid dienone is 1. The normalized spacial score (nSPS) is 20.1. The minimum absolute atomic E-state index is 0.0868. The van der Waals surface area contributed by atoms with E-state index < -0.39 is 0 Å². The lowest BCUT2D eigenvalue weighted by Crippen LogP contribution is -2.26. The fourth-order valence-corrected chi connectivity index (χ4v) is 4.51. The van der Waals surface area contributed by atoms with Crippen LogP contribution in [0.2, 0.25) is 0 Å². The maximum Gasteiger partial charge on any atom is 0.163 e. The van der Waals surface area contributed by atoms with Gasteiger partial charge in [0, 0.05) is 17.7 Å². The number of ketones is 1. The predicted molar refractivity (Wildman–Crippen MR) is 120 cm³/mol. The van der Waals surface area contributed by atoms with Gasteiger partial charge in [0.05, 0.1) is 24.5 Å². The number of hydrogen-bond donors (Lipinski definition) is 2. The van der Waals surface area contributed by atoms with E-state index in [0.29, 0.717) is 6.42 Å². The molecule has 0 bridgehead atoms. The summed E-state index contributed by atoms with van der Waals surface area (Å²) in [5.41, 5.74) is 5.48. The number of para-hydroxylation sites is 2. The molecule has 0 fully saturated rings. The molecule has 5 rings (SSSR count). The van der Waals surface area contributed by atoms with E-state index in [2.05, 4.69) is 10.6 Å². The van der Waals surface area contributed by atoms with Gasteiger partial charge in [-0.15, -0.1) is 0 Å². The van der Waals surface area contributed by atoms with Gasteiger partial charge in [-0.05, 0) is 59.9 Å². The summed E-state index contributed by atoms with van der Waals surface area (Å²) in [4.78, 5) is 13.5. The van der Waals surface area contributed by atoms with Gasteiger partial charge >= 0.3 is 0 Å². The summed E-state index contributed by atoms with van der Waals surface area (Å²) in [6, 6.07) is 21.9. The summed E-state index contributed by atoms with van der Waals surface area (Å²) in [5.74, 6) is 0.695. The Kier molecular flexibility index (Phi) is 4.94. The molecule has 1 aliphatic carbocycles. The van der Waals surface area contributed by atoms with Gasteiger partial charge in [0.15, 0.2) is 5.78 Å². The standard InChI is InChI=1S/C26H23FN2O2/c1-31-20-12-8-16(9-13-20)18-14-23-25(24(30)15-18)26(17-6-10-19(27)11-7-17)29-22-5-3-2-4-21(22)28-23/h2-13,18,26,28-29H,14-15H2,1H3. The molecular weight excluding hydrogens is 391 g/mol. The largest absolute Gasteiger partial charge is 0.497 e. The van der Waals surface area contributed by atoms with E-state index in [1.807, 2.05) is 48.5 Å². The van der Waals surface area contributed by atoms with E-state index in [-0.39, 0.29) is 23.6 Å². The maximum atomic E-state index is 13.6. The third-order valence-electron chi connectivity index (χ3n) is 6.10. The Bertz CT molecular complexity index is 1150. The number of methoxy groups -OCH3 is 1. The van der Waals surface area contributed by atoms with Crippen LogP contribution < -0.4 is 15.4 Å². The zero-order valence-corrected chi connectivity index (χ0v) is 17.2. The number of ether oxygens (including phenoxy) is 1. The Morgan fingerprint density at radius 2 is 1.55 bits per heavy atom. The minimum Gasteiger partial charge on any atom is -0.497 e. The first kappa shape index (κ1) is 19.4. The molecule has 0 spiro atoms. The molecule has 2 N–H and O–H groups in total. The lowest BCUT2D eigenvalue weighted by atomic mass is 9.78. The number of anilines is 2. The van der Waals surface area contributed by atoms with Gasteiger partial charge in [-0.3, -0.25) is 4.79 Å². The van der Waals surface area contributed by atoms with E-state index in [0.717, 1.165) is 45.9 Å². The number of carbonyl (C=O) groups excluding carboxylic acids is 1. The van der Waals surface area contributed by atoms with Gasteiger partial charge < -0.3 is 15.4 Å². The van der Waals surface area contributed by atoms with Crippen molar-refractivity contribution in [3.05, 3.63) is 101 Å². The highest BCUT2D eigenvalue weighted by molar-refractivity contribution is 6.01. The average molecular weight is 414 g/mol. The van der Waals surface area contributed by atoms with Crippen LogP contribution in [0.15, 0.2) is 84.1 Å².